The molecule has 0 unspecified atom stereocenters. The monoisotopic (exact) mass is 322 g/mol. The number of hydrogen-bond donors (Lipinski definition) is 0. The zero-order chi connectivity index (χ0) is 16.9. The molecule has 0 aliphatic carbocycles. The molecule has 1 fully saturated rings. The number of hydrogen-bond acceptors (Lipinski definition) is 4. The van der Waals surface area contributed by atoms with E-state index in [9.17, 15) is 0 Å². The predicted molar refractivity (Wildman–Crippen MR) is 93.1 cm³/mol. The first kappa shape index (κ1) is 16.4. The third kappa shape index (κ3) is 3.37. The minimum absolute atomic E-state index is 0.325. The Bertz CT molecular complexity index is 734. The number of benzene rings is 2. The quantitative estimate of drug-likeness (QED) is 0.837. The Morgan fingerprint density at radius 2 is 1.92 bits per heavy atom. The molecule has 4 heteroatoms. The number of nitrogens with zero attached hydrogens (tertiary/aromatic N) is 2. The molecule has 0 bridgehead atoms. The van der Waals surface area contributed by atoms with Crippen molar-refractivity contribution in [3.63, 3.8) is 0 Å². The largest absolute Gasteiger partial charge is 0.497 e. The molecule has 0 radical (unpaired) electrons. The molecule has 0 aromatic heterocycles. The lowest BCUT2D eigenvalue weighted by Gasteiger charge is -2.26. The highest BCUT2D eigenvalue weighted by atomic mass is 16.5. The lowest BCUT2D eigenvalue weighted by atomic mass is 10.0. The molecule has 3 rings (SSSR count). The molecule has 24 heavy (non-hydrogen) atoms. The van der Waals surface area contributed by atoms with Crippen molar-refractivity contribution in [2.75, 3.05) is 20.8 Å². The molecule has 1 aliphatic heterocycles. The molecular weight excluding hydrogens is 300 g/mol. The molecule has 0 saturated carbocycles. The molecule has 4 nitrogen and oxygen atoms in total. The van der Waals surface area contributed by atoms with Gasteiger partial charge in [-0.15, -0.1) is 0 Å². The highest BCUT2D eigenvalue weighted by Crippen LogP contribution is 2.39. The van der Waals surface area contributed by atoms with E-state index in [0.29, 0.717) is 11.6 Å². The van der Waals surface area contributed by atoms with Crippen LogP contribution in [-0.2, 0) is 6.54 Å². The van der Waals surface area contributed by atoms with Crippen molar-refractivity contribution in [2.24, 2.45) is 0 Å². The van der Waals surface area contributed by atoms with Gasteiger partial charge in [0.1, 0.15) is 11.5 Å². The Morgan fingerprint density at radius 1 is 1.12 bits per heavy atom. The predicted octanol–water partition coefficient (Wildman–Crippen LogP) is 3.91. The third-order valence-electron chi connectivity index (χ3n) is 4.63. The van der Waals surface area contributed by atoms with Crippen LogP contribution in [0.15, 0.2) is 42.5 Å². The van der Waals surface area contributed by atoms with E-state index in [2.05, 4.69) is 17.0 Å². The summed E-state index contributed by atoms with van der Waals surface area (Å²) in [6.45, 7) is 1.93. The summed E-state index contributed by atoms with van der Waals surface area (Å²) in [5.41, 5.74) is 3.11. The lowest BCUT2D eigenvalue weighted by Crippen LogP contribution is -2.23. The summed E-state index contributed by atoms with van der Waals surface area (Å²) in [6, 6.07) is 16.3. The second-order valence-electron chi connectivity index (χ2n) is 6.05. The van der Waals surface area contributed by atoms with Crippen molar-refractivity contribution in [1.29, 1.82) is 5.26 Å². The van der Waals surface area contributed by atoms with Crippen LogP contribution < -0.4 is 9.47 Å². The SMILES string of the molecule is COc1ccc(OC)c([C@@H]2CCCN2Cc2ccc(C#N)cc2)c1. The van der Waals surface area contributed by atoms with Crippen molar-refractivity contribution < 1.29 is 9.47 Å². The second kappa shape index (κ2) is 7.37. The summed E-state index contributed by atoms with van der Waals surface area (Å²) in [6.07, 6.45) is 2.28. The maximum absolute atomic E-state index is 8.92. The van der Waals surface area contributed by atoms with Gasteiger partial charge in [-0.05, 0) is 55.3 Å². The fraction of sp³-hybridized carbons (Fsp3) is 0.350. The van der Waals surface area contributed by atoms with E-state index < -0.39 is 0 Å². The summed E-state index contributed by atoms with van der Waals surface area (Å²) >= 11 is 0. The van der Waals surface area contributed by atoms with Crippen LogP contribution in [0.3, 0.4) is 0 Å². The topological polar surface area (TPSA) is 45.5 Å². The van der Waals surface area contributed by atoms with Gasteiger partial charge in [0, 0.05) is 18.2 Å². The van der Waals surface area contributed by atoms with Gasteiger partial charge < -0.3 is 9.47 Å². The molecule has 0 N–H and O–H groups in total. The maximum Gasteiger partial charge on any atom is 0.123 e. The molecule has 0 spiro atoms. The van der Waals surface area contributed by atoms with Gasteiger partial charge in [-0.3, -0.25) is 4.90 Å². The fourth-order valence-electron chi connectivity index (χ4n) is 3.39. The van der Waals surface area contributed by atoms with Crippen LogP contribution in [-0.4, -0.2) is 25.7 Å². The molecule has 1 atom stereocenters. The summed E-state index contributed by atoms with van der Waals surface area (Å²) in [4.78, 5) is 2.47. The molecule has 2 aromatic rings. The second-order valence-corrected chi connectivity index (χ2v) is 6.05. The van der Waals surface area contributed by atoms with Crippen LogP contribution in [0.25, 0.3) is 0 Å². The van der Waals surface area contributed by atoms with Crippen molar-refractivity contribution in [3.8, 4) is 17.6 Å². The molecule has 1 heterocycles. The minimum atomic E-state index is 0.325. The van der Waals surface area contributed by atoms with Gasteiger partial charge in [0.15, 0.2) is 0 Å². The van der Waals surface area contributed by atoms with E-state index in [1.807, 2.05) is 36.4 Å². The van der Waals surface area contributed by atoms with Gasteiger partial charge in [0.25, 0.3) is 0 Å². The standard InChI is InChI=1S/C20H22N2O2/c1-23-17-9-10-20(24-2)18(12-17)19-4-3-11-22(19)14-16-7-5-15(13-21)6-8-16/h5-10,12,19H,3-4,11,14H2,1-2H3/t19-/m0/s1. The fourth-order valence-corrected chi connectivity index (χ4v) is 3.39. The average molecular weight is 322 g/mol. The van der Waals surface area contributed by atoms with Crippen molar-refractivity contribution in [2.45, 2.75) is 25.4 Å². The first-order chi connectivity index (χ1) is 11.7. The van der Waals surface area contributed by atoms with Gasteiger partial charge in [0.05, 0.1) is 25.9 Å². The Morgan fingerprint density at radius 3 is 2.58 bits per heavy atom. The molecule has 1 saturated heterocycles. The van der Waals surface area contributed by atoms with Crippen LogP contribution in [0.5, 0.6) is 11.5 Å². The highest BCUT2D eigenvalue weighted by Gasteiger charge is 2.28. The van der Waals surface area contributed by atoms with Gasteiger partial charge in [0.2, 0.25) is 0 Å². The van der Waals surface area contributed by atoms with E-state index in [0.717, 1.165) is 31.0 Å². The van der Waals surface area contributed by atoms with E-state index in [1.165, 1.54) is 17.5 Å². The summed E-state index contributed by atoms with van der Waals surface area (Å²) in [7, 11) is 3.40. The maximum atomic E-state index is 8.92. The number of ether oxygens (including phenoxy) is 2. The number of likely N-dealkylation sites (tertiary alicyclic amines) is 1. The van der Waals surface area contributed by atoms with Crippen LogP contribution in [0.4, 0.5) is 0 Å². The Balaban J connectivity index is 1.83. The lowest BCUT2D eigenvalue weighted by molar-refractivity contribution is 0.242. The van der Waals surface area contributed by atoms with Gasteiger partial charge in [-0.1, -0.05) is 12.1 Å². The first-order valence-corrected chi connectivity index (χ1v) is 8.20. The van der Waals surface area contributed by atoms with Crippen molar-refractivity contribution in [1.82, 2.24) is 4.90 Å². The zero-order valence-corrected chi connectivity index (χ0v) is 14.2. The third-order valence-corrected chi connectivity index (χ3v) is 4.63. The number of nitriles is 1. The number of methoxy groups -OCH3 is 2. The normalized spacial score (nSPS) is 17.5. The van der Waals surface area contributed by atoms with E-state index in [4.69, 9.17) is 14.7 Å². The Hall–Kier alpha value is -2.51. The van der Waals surface area contributed by atoms with E-state index in [1.54, 1.807) is 14.2 Å². The van der Waals surface area contributed by atoms with Crippen molar-refractivity contribution >= 4 is 0 Å². The van der Waals surface area contributed by atoms with Gasteiger partial charge in [-0.25, -0.2) is 0 Å². The van der Waals surface area contributed by atoms with Crippen LogP contribution in [0.2, 0.25) is 0 Å². The average Bonchev–Trinajstić information content (AvgIpc) is 3.09. The summed E-state index contributed by atoms with van der Waals surface area (Å²) < 4.78 is 11.0. The smallest absolute Gasteiger partial charge is 0.123 e. The Labute approximate surface area is 143 Å². The van der Waals surface area contributed by atoms with Crippen LogP contribution in [0.1, 0.15) is 35.6 Å². The van der Waals surface area contributed by atoms with E-state index >= 15 is 0 Å². The molecular formula is C20H22N2O2. The van der Waals surface area contributed by atoms with E-state index in [-0.39, 0.29) is 0 Å². The minimum Gasteiger partial charge on any atom is -0.497 e. The van der Waals surface area contributed by atoms with Crippen LogP contribution in [0, 0.1) is 11.3 Å². The molecule has 0 amide bonds. The zero-order valence-electron chi connectivity index (χ0n) is 14.2. The van der Waals surface area contributed by atoms with Crippen molar-refractivity contribution in [3.05, 3.63) is 59.2 Å². The summed E-state index contributed by atoms with van der Waals surface area (Å²) in [5.74, 6) is 1.77. The molecule has 2 aromatic carbocycles. The first-order valence-electron chi connectivity index (χ1n) is 8.20. The molecule has 124 valence electrons. The molecule has 1 aliphatic rings. The van der Waals surface area contributed by atoms with Gasteiger partial charge >= 0.3 is 0 Å². The van der Waals surface area contributed by atoms with Gasteiger partial charge in [-0.2, -0.15) is 5.26 Å². The Kier molecular flexibility index (Phi) is 5.02. The summed E-state index contributed by atoms with van der Waals surface area (Å²) in [5, 5.41) is 8.92. The highest BCUT2D eigenvalue weighted by molar-refractivity contribution is 5.43. The van der Waals surface area contributed by atoms with Crippen LogP contribution >= 0.6 is 0 Å². The number of rotatable bonds is 5.